The summed E-state index contributed by atoms with van der Waals surface area (Å²) in [5.41, 5.74) is 1.62. The number of nitrogens with one attached hydrogen (secondary N) is 1. The largest absolute Gasteiger partial charge is 0.352 e. The van der Waals surface area contributed by atoms with Gasteiger partial charge in [-0.1, -0.05) is 0 Å². The lowest BCUT2D eigenvalue weighted by Crippen LogP contribution is -2.25. The van der Waals surface area contributed by atoms with Crippen molar-refractivity contribution in [2.45, 2.75) is 6.42 Å². The number of aromatic nitrogens is 3. The summed E-state index contributed by atoms with van der Waals surface area (Å²) in [5.74, 6) is -0.0933. The maximum Gasteiger partial charge on any atom is 0.251 e. The van der Waals surface area contributed by atoms with E-state index in [2.05, 4.69) is 20.3 Å². The SMILES string of the molecule is O=C(NCCc1cncnc1)c1ccncc1. The Balaban J connectivity index is 1.82. The van der Waals surface area contributed by atoms with Gasteiger partial charge in [0.15, 0.2) is 0 Å². The second-order valence-electron chi connectivity index (χ2n) is 3.49. The van der Waals surface area contributed by atoms with E-state index in [1.807, 2.05) is 0 Å². The van der Waals surface area contributed by atoms with Crippen LogP contribution in [0.2, 0.25) is 0 Å². The fraction of sp³-hybridized carbons (Fsp3) is 0.167. The lowest BCUT2D eigenvalue weighted by Gasteiger charge is -2.04. The number of rotatable bonds is 4. The van der Waals surface area contributed by atoms with E-state index in [0.29, 0.717) is 12.1 Å². The van der Waals surface area contributed by atoms with Crippen LogP contribution < -0.4 is 5.32 Å². The molecular formula is C12H12N4O. The Hall–Kier alpha value is -2.30. The molecule has 0 fully saturated rings. The monoisotopic (exact) mass is 228 g/mol. The van der Waals surface area contributed by atoms with E-state index >= 15 is 0 Å². The number of hydrogen-bond acceptors (Lipinski definition) is 4. The minimum absolute atomic E-state index is 0.0933. The highest BCUT2D eigenvalue weighted by Crippen LogP contribution is 1.97. The second kappa shape index (κ2) is 5.69. The van der Waals surface area contributed by atoms with Gasteiger partial charge < -0.3 is 5.32 Å². The fourth-order valence-corrected chi connectivity index (χ4v) is 1.38. The average molecular weight is 228 g/mol. The predicted octanol–water partition coefficient (Wildman–Crippen LogP) is 0.844. The van der Waals surface area contributed by atoms with Gasteiger partial charge in [-0.3, -0.25) is 9.78 Å². The third-order valence-electron chi connectivity index (χ3n) is 2.26. The van der Waals surface area contributed by atoms with Gasteiger partial charge in [-0.05, 0) is 24.1 Å². The topological polar surface area (TPSA) is 67.8 Å². The van der Waals surface area contributed by atoms with Crippen molar-refractivity contribution in [3.8, 4) is 0 Å². The molecule has 0 saturated carbocycles. The van der Waals surface area contributed by atoms with Crippen LogP contribution >= 0.6 is 0 Å². The third-order valence-corrected chi connectivity index (χ3v) is 2.26. The number of carbonyl (C=O) groups is 1. The van der Waals surface area contributed by atoms with Gasteiger partial charge in [0.2, 0.25) is 0 Å². The molecule has 0 aliphatic rings. The van der Waals surface area contributed by atoms with Crippen molar-refractivity contribution < 1.29 is 4.79 Å². The maximum atomic E-state index is 11.7. The van der Waals surface area contributed by atoms with Crippen LogP contribution in [-0.2, 0) is 6.42 Å². The molecule has 0 atom stereocenters. The number of nitrogens with zero attached hydrogens (tertiary/aromatic N) is 3. The lowest BCUT2D eigenvalue weighted by molar-refractivity contribution is 0.0954. The highest BCUT2D eigenvalue weighted by Gasteiger charge is 2.03. The van der Waals surface area contributed by atoms with Gasteiger partial charge >= 0.3 is 0 Å². The van der Waals surface area contributed by atoms with Gasteiger partial charge in [0.05, 0.1) is 0 Å². The summed E-state index contributed by atoms with van der Waals surface area (Å²) in [6, 6.07) is 3.36. The van der Waals surface area contributed by atoms with E-state index < -0.39 is 0 Å². The fourth-order valence-electron chi connectivity index (χ4n) is 1.38. The molecule has 0 bridgehead atoms. The normalized spacial score (nSPS) is 9.88. The minimum Gasteiger partial charge on any atom is -0.352 e. The molecule has 5 heteroatoms. The summed E-state index contributed by atoms with van der Waals surface area (Å²) in [6.45, 7) is 0.564. The minimum atomic E-state index is -0.0933. The van der Waals surface area contributed by atoms with Gasteiger partial charge in [-0.25, -0.2) is 9.97 Å². The standard InChI is InChI=1S/C12H12N4O/c17-12(11-2-4-13-5-3-11)16-6-1-10-7-14-9-15-8-10/h2-5,7-9H,1,6H2,(H,16,17). The summed E-state index contributed by atoms with van der Waals surface area (Å²) < 4.78 is 0. The Morgan fingerprint density at radius 1 is 1.12 bits per heavy atom. The molecule has 0 saturated heterocycles. The first-order chi connectivity index (χ1) is 8.36. The van der Waals surface area contributed by atoms with E-state index in [0.717, 1.165) is 12.0 Å². The van der Waals surface area contributed by atoms with Crippen LogP contribution in [0.3, 0.4) is 0 Å². The summed E-state index contributed by atoms with van der Waals surface area (Å²) in [6.07, 6.45) is 8.88. The molecule has 5 nitrogen and oxygen atoms in total. The molecular weight excluding hydrogens is 216 g/mol. The molecule has 0 aliphatic carbocycles. The molecule has 2 heterocycles. The third kappa shape index (κ3) is 3.34. The quantitative estimate of drug-likeness (QED) is 0.842. The number of pyridine rings is 1. The second-order valence-corrected chi connectivity index (χ2v) is 3.49. The molecule has 0 radical (unpaired) electrons. The maximum absolute atomic E-state index is 11.7. The van der Waals surface area contributed by atoms with Crippen molar-refractivity contribution in [2.75, 3.05) is 6.54 Å². The van der Waals surface area contributed by atoms with Gasteiger partial charge in [0, 0.05) is 36.9 Å². The zero-order chi connectivity index (χ0) is 11.9. The Bertz CT molecular complexity index is 472. The Morgan fingerprint density at radius 2 is 1.82 bits per heavy atom. The van der Waals surface area contributed by atoms with Crippen LogP contribution in [0, 0.1) is 0 Å². The molecule has 1 N–H and O–H groups in total. The first-order valence-corrected chi connectivity index (χ1v) is 5.28. The first kappa shape index (κ1) is 11.2. The highest BCUT2D eigenvalue weighted by atomic mass is 16.1. The van der Waals surface area contributed by atoms with Gasteiger partial charge in [-0.15, -0.1) is 0 Å². The zero-order valence-corrected chi connectivity index (χ0v) is 9.21. The summed E-state index contributed by atoms with van der Waals surface area (Å²) in [7, 11) is 0. The van der Waals surface area contributed by atoms with E-state index in [1.165, 1.54) is 6.33 Å². The van der Waals surface area contributed by atoms with Crippen LogP contribution in [-0.4, -0.2) is 27.4 Å². The molecule has 2 aromatic heterocycles. The van der Waals surface area contributed by atoms with Crippen LogP contribution in [0.5, 0.6) is 0 Å². The highest BCUT2D eigenvalue weighted by molar-refractivity contribution is 5.93. The van der Waals surface area contributed by atoms with E-state index in [1.54, 1.807) is 36.9 Å². The Labute approximate surface area is 99.0 Å². The lowest BCUT2D eigenvalue weighted by atomic mass is 10.2. The van der Waals surface area contributed by atoms with Crippen LogP contribution in [0.1, 0.15) is 15.9 Å². The number of hydrogen-bond donors (Lipinski definition) is 1. The van der Waals surface area contributed by atoms with Gasteiger partial charge in [0.25, 0.3) is 5.91 Å². The van der Waals surface area contributed by atoms with Crippen molar-refractivity contribution >= 4 is 5.91 Å². The molecule has 2 rings (SSSR count). The van der Waals surface area contributed by atoms with Crippen LogP contribution in [0.15, 0.2) is 43.2 Å². The van der Waals surface area contributed by atoms with Crippen molar-refractivity contribution in [1.29, 1.82) is 0 Å². The van der Waals surface area contributed by atoms with Crippen LogP contribution in [0.4, 0.5) is 0 Å². The molecule has 2 aromatic rings. The number of amides is 1. The summed E-state index contributed by atoms with van der Waals surface area (Å²) >= 11 is 0. The van der Waals surface area contributed by atoms with Gasteiger partial charge in [0.1, 0.15) is 6.33 Å². The molecule has 0 aromatic carbocycles. The van der Waals surface area contributed by atoms with Gasteiger partial charge in [-0.2, -0.15) is 0 Å². The van der Waals surface area contributed by atoms with Crippen molar-refractivity contribution in [3.05, 3.63) is 54.4 Å². The Kier molecular flexibility index (Phi) is 3.75. The van der Waals surface area contributed by atoms with Crippen LogP contribution in [0.25, 0.3) is 0 Å². The van der Waals surface area contributed by atoms with E-state index in [-0.39, 0.29) is 5.91 Å². The zero-order valence-electron chi connectivity index (χ0n) is 9.21. The van der Waals surface area contributed by atoms with Crippen molar-refractivity contribution in [1.82, 2.24) is 20.3 Å². The molecule has 17 heavy (non-hydrogen) atoms. The first-order valence-electron chi connectivity index (χ1n) is 5.28. The molecule has 0 unspecified atom stereocenters. The number of carbonyl (C=O) groups excluding carboxylic acids is 1. The predicted molar refractivity (Wildman–Crippen MR) is 62.3 cm³/mol. The summed E-state index contributed by atoms with van der Waals surface area (Å²) in [5, 5.41) is 2.83. The molecule has 0 spiro atoms. The molecule has 0 aliphatic heterocycles. The van der Waals surface area contributed by atoms with Crippen molar-refractivity contribution in [3.63, 3.8) is 0 Å². The van der Waals surface area contributed by atoms with Crippen molar-refractivity contribution in [2.24, 2.45) is 0 Å². The summed E-state index contributed by atoms with van der Waals surface area (Å²) in [4.78, 5) is 23.3. The Morgan fingerprint density at radius 3 is 2.53 bits per heavy atom. The smallest absolute Gasteiger partial charge is 0.251 e. The molecule has 86 valence electrons. The molecule has 1 amide bonds. The van der Waals surface area contributed by atoms with E-state index in [4.69, 9.17) is 0 Å². The van der Waals surface area contributed by atoms with E-state index in [9.17, 15) is 4.79 Å². The average Bonchev–Trinajstić information content (AvgIpc) is 2.41.